The number of pyridine rings is 1. The zero-order valence-corrected chi connectivity index (χ0v) is 17.2. The maximum Gasteiger partial charge on any atom is 0.253 e. The van der Waals surface area contributed by atoms with Gasteiger partial charge in [0.25, 0.3) is 5.91 Å². The number of nitrogens with zero attached hydrogens (tertiary/aromatic N) is 4. The van der Waals surface area contributed by atoms with E-state index in [9.17, 15) is 9.18 Å². The van der Waals surface area contributed by atoms with Crippen molar-refractivity contribution in [3.63, 3.8) is 0 Å². The Hall–Kier alpha value is -3.32. The van der Waals surface area contributed by atoms with Crippen molar-refractivity contribution in [2.75, 3.05) is 13.1 Å². The second kappa shape index (κ2) is 8.07. The van der Waals surface area contributed by atoms with Gasteiger partial charge in [0.05, 0.1) is 11.4 Å². The van der Waals surface area contributed by atoms with E-state index in [1.54, 1.807) is 30.3 Å². The Kier molecular flexibility index (Phi) is 5.11. The van der Waals surface area contributed by atoms with Crippen molar-refractivity contribution < 1.29 is 13.7 Å². The third-order valence-corrected chi connectivity index (χ3v) is 5.70. The third kappa shape index (κ3) is 4.01. The van der Waals surface area contributed by atoms with Gasteiger partial charge >= 0.3 is 0 Å². The van der Waals surface area contributed by atoms with Crippen molar-refractivity contribution in [2.45, 2.75) is 18.8 Å². The van der Waals surface area contributed by atoms with Gasteiger partial charge in [-0.25, -0.2) is 9.37 Å². The molecule has 4 aromatic rings. The van der Waals surface area contributed by atoms with E-state index >= 15 is 0 Å². The molecule has 0 bridgehead atoms. The predicted octanol–water partition coefficient (Wildman–Crippen LogP) is 5.10. The molecule has 0 aliphatic carbocycles. The molecule has 2 aromatic carbocycles. The lowest BCUT2D eigenvalue weighted by atomic mass is 9.97. The SMILES string of the molecule is O=C(c1ccc2nc(Cl)ccc2c1)N1CCCC(c2nc(-c3cccc(F)c3)no2)C1. The highest BCUT2D eigenvalue weighted by atomic mass is 35.5. The molecular weight excluding hydrogens is 419 g/mol. The van der Waals surface area contributed by atoms with E-state index in [4.69, 9.17) is 16.1 Å². The number of aromatic nitrogens is 3. The number of halogens is 2. The smallest absolute Gasteiger partial charge is 0.253 e. The lowest BCUT2D eigenvalue weighted by molar-refractivity contribution is 0.0696. The molecule has 2 aromatic heterocycles. The highest BCUT2D eigenvalue weighted by Crippen LogP contribution is 2.29. The van der Waals surface area contributed by atoms with Crippen molar-refractivity contribution >= 4 is 28.4 Å². The molecule has 5 rings (SSSR count). The van der Waals surface area contributed by atoms with Gasteiger partial charge in [-0.2, -0.15) is 4.98 Å². The van der Waals surface area contributed by atoms with Crippen LogP contribution in [-0.2, 0) is 0 Å². The first kappa shape index (κ1) is 19.6. The third-order valence-electron chi connectivity index (χ3n) is 5.48. The van der Waals surface area contributed by atoms with E-state index in [1.165, 1.54) is 12.1 Å². The van der Waals surface area contributed by atoms with Crippen LogP contribution in [0.4, 0.5) is 4.39 Å². The number of likely N-dealkylation sites (tertiary alicyclic amines) is 1. The van der Waals surface area contributed by atoms with Crippen LogP contribution in [-0.4, -0.2) is 39.0 Å². The van der Waals surface area contributed by atoms with Gasteiger partial charge in [0.1, 0.15) is 11.0 Å². The van der Waals surface area contributed by atoms with Crippen LogP contribution in [0.25, 0.3) is 22.3 Å². The normalized spacial score (nSPS) is 16.6. The first-order valence-corrected chi connectivity index (χ1v) is 10.4. The quantitative estimate of drug-likeness (QED) is 0.418. The Morgan fingerprint density at radius 2 is 2.03 bits per heavy atom. The van der Waals surface area contributed by atoms with Gasteiger partial charge in [-0.15, -0.1) is 0 Å². The Morgan fingerprint density at radius 1 is 1.13 bits per heavy atom. The zero-order valence-electron chi connectivity index (χ0n) is 16.5. The lowest BCUT2D eigenvalue weighted by Crippen LogP contribution is -2.39. The number of carbonyl (C=O) groups is 1. The van der Waals surface area contributed by atoms with Crippen LogP contribution >= 0.6 is 11.6 Å². The minimum atomic E-state index is -0.355. The summed E-state index contributed by atoms with van der Waals surface area (Å²) in [5, 5.41) is 5.28. The van der Waals surface area contributed by atoms with Crippen LogP contribution in [0.3, 0.4) is 0 Å². The second-order valence-corrected chi connectivity index (χ2v) is 7.99. The van der Waals surface area contributed by atoms with E-state index in [0.717, 1.165) is 23.7 Å². The largest absolute Gasteiger partial charge is 0.339 e. The molecular formula is C23H18ClFN4O2. The number of amides is 1. The topological polar surface area (TPSA) is 72.1 Å². The maximum atomic E-state index is 13.5. The molecule has 1 aliphatic heterocycles. The van der Waals surface area contributed by atoms with Gasteiger partial charge in [-0.05, 0) is 55.3 Å². The summed E-state index contributed by atoms with van der Waals surface area (Å²) in [7, 11) is 0. The van der Waals surface area contributed by atoms with Gasteiger partial charge < -0.3 is 9.42 Å². The van der Waals surface area contributed by atoms with Crippen LogP contribution in [0.5, 0.6) is 0 Å². The monoisotopic (exact) mass is 436 g/mol. The first-order chi connectivity index (χ1) is 15.1. The molecule has 8 heteroatoms. The van der Waals surface area contributed by atoms with Crippen molar-refractivity contribution in [3.05, 3.63) is 77.0 Å². The highest BCUT2D eigenvalue weighted by molar-refractivity contribution is 6.29. The number of benzene rings is 2. The zero-order chi connectivity index (χ0) is 21.4. The molecule has 0 spiro atoms. The summed E-state index contributed by atoms with van der Waals surface area (Å²) in [6.07, 6.45) is 1.67. The van der Waals surface area contributed by atoms with E-state index in [0.29, 0.717) is 41.1 Å². The van der Waals surface area contributed by atoms with Crippen molar-refractivity contribution in [2.24, 2.45) is 0 Å². The maximum absolute atomic E-state index is 13.5. The molecule has 1 aliphatic rings. The summed E-state index contributed by atoms with van der Waals surface area (Å²) >= 11 is 5.94. The van der Waals surface area contributed by atoms with E-state index in [2.05, 4.69) is 15.1 Å². The number of carbonyl (C=O) groups excluding carboxylic acids is 1. The lowest BCUT2D eigenvalue weighted by Gasteiger charge is -2.31. The summed E-state index contributed by atoms with van der Waals surface area (Å²) in [5.41, 5.74) is 1.91. The first-order valence-electron chi connectivity index (χ1n) is 10.0. The van der Waals surface area contributed by atoms with Gasteiger partial charge in [0, 0.05) is 29.6 Å². The van der Waals surface area contributed by atoms with Crippen LogP contribution in [0.2, 0.25) is 5.15 Å². The number of rotatable bonds is 3. The molecule has 1 saturated heterocycles. The molecule has 0 radical (unpaired) electrons. The summed E-state index contributed by atoms with van der Waals surface area (Å²) < 4.78 is 19.0. The van der Waals surface area contributed by atoms with Crippen LogP contribution in [0.15, 0.2) is 59.1 Å². The standard InChI is InChI=1S/C23H18ClFN4O2/c24-20-9-7-14-11-16(6-8-19(14)26-20)23(30)29-10-2-4-17(13-29)22-27-21(28-31-22)15-3-1-5-18(25)12-15/h1,3,5-9,11-12,17H,2,4,10,13H2. The molecule has 1 fully saturated rings. The molecule has 0 saturated carbocycles. The molecule has 1 unspecified atom stereocenters. The molecule has 3 heterocycles. The molecule has 31 heavy (non-hydrogen) atoms. The summed E-state index contributed by atoms with van der Waals surface area (Å²) in [5.74, 6) is 0.346. The van der Waals surface area contributed by atoms with E-state index < -0.39 is 0 Å². The Bertz CT molecular complexity index is 1280. The minimum Gasteiger partial charge on any atom is -0.339 e. The minimum absolute atomic E-state index is 0.0496. The Balaban J connectivity index is 1.34. The molecule has 0 N–H and O–H groups in total. The molecule has 6 nitrogen and oxygen atoms in total. The fourth-order valence-corrected chi connectivity index (χ4v) is 4.08. The van der Waals surface area contributed by atoms with Gasteiger partial charge in [-0.1, -0.05) is 28.9 Å². The average molecular weight is 437 g/mol. The number of hydrogen-bond donors (Lipinski definition) is 0. The summed E-state index contributed by atoms with van der Waals surface area (Å²) in [4.78, 5) is 23.7. The van der Waals surface area contributed by atoms with E-state index in [-0.39, 0.29) is 17.6 Å². The Labute approximate surface area is 182 Å². The summed E-state index contributed by atoms with van der Waals surface area (Å²) in [6.45, 7) is 1.15. The van der Waals surface area contributed by atoms with Crippen LogP contribution in [0, 0.1) is 5.82 Å². The van der Waals surface area contributed by atoms with Gasteiger partial charge in [-0.3, -0.25) is 4.79 Å². The van der Waals surface area contributed by atoms with Gasteiger partial charge in [0.15, 0.2) is 0 Å². The molecule has 156 valence electrons. The number of fused-ring (bicyclic) bond motifs is 1. The second-order valence-electron chi connectivity index (χ2n) is 7.60. The number of hydrogen-bond acceptors (Lipinski definition) is 5. The predicted molar refractivity (Wildman–Crippen MR) is 114 cm³/mol. The molecule has 1 atom stereocenters. The van der Waals surface area contributed by atoms with E-state index in [1.807, 2.05) is 17.0 Å². The molecule has 1 amide bonds. The summed E-state index contributed by atoms with van der Waals surface area (Å²) in [6, 6.07) is 15.0. The average Bonchev–Trinajstić information content (AvgIpc) is 3.29. The van der Waals surface area contributed by atoms with Crippen LogP contribution < -0.4 is 0 Å². The fourth-order valence-electron chi connectivity index (χ4n) is 3.93. The number of piperidine rings is 1. The van der Waals surface area contributed by atoms with Gasteiger partial charge in [0.2, 0.25) is 11.7 Å². The van der Waals surface area contributed by atoms with Crippen molar-refractivity contribution in [1.82, 2.24) is 20.0 Å². The van der Waals surface area contributed by atoms with Crippen molar-refractivity contribution in [3.8, 4) is 11.4 Å². The Morgan fingerprint density at radius 3 is 2.90 bits per heavy atom. The van der Waals surface area contributed by atoms with Crippen LogP contribution in [0.1, 0.15) is 35.0 Å². The highest BCUT2D eigenvalue weighted by Gasteiger charge is 2.29. The fraction of sp³-hybridized carbons (Fsp3) is 0.217. The van der Waals surface area contributed by atoms with Crippen molar-refractivity contribution in [1.29, 1.82) is 0 Å².